The molecule has 2 heterocycles. The van der Waals surface area contributed by atoms with E-state index in [1.165, 1.54) is 36.9 Å². The van der Waals surface area contributed by atoms with Crippen LogP contribution in [0.2, 0.25) is 0 Å². The van der Waals surface area contributed by atoms with Gasteiger partial charge < -0.3 is 5.32 Å². The van der Waals surface area contributed by atoms with Crippen molar-refractivity contribution in [2.75, 3.05) is 36.9 Å². The molecule has 0 radical (unpaired) electrons. The third-order valence-electron chi connectivity index (χ3n) is 3.75. The van der Waals surface area contributed by atoms with Crippen molar-refractivity contribution in [1.29, 1.82) is 0 Å². The van der Waals surface area contributed by atoms with Crippen molar-refractivity contribution in [2.45, 2.75) is 38.1 Å². The van der Waals surface area contributed by atoms with Gasteiger partial charge in [0.1, 0.15) is 0 Å². The Labute approximate surface area is 115 Å². The van der Waals surface area contributed by atoms with E-state index in [0.29, 0.717) is 6.04 Å². The molecule has 3 atom stereocenters. The maximum absolute atomic E-state index is 3.63. The van der Waals surface area contributed by atoms with Crippen LogP contribution in [0.25, 0.3) is 0 Å². The number of nitrogens with zero attached hydrogens (tertiary/aromatic N) is 1. The topological polar surface area (TPSA) is 15.3 Å². The molecule has 0 amide bonds. The van der Waals surface area contributed by atoms with Crippen LogP contribution in [0.4, 0.5) is 0 Å². The second kappa shape index (κ2) is 6.69. The van der Waals surface area contributed by atoms with Gasteiger partial charge in [0.15, 0.2) is 0 Å². The summed E-state index contributed by atoms with van der Waals surface area (Å²) in [4.78, 5) is 2.75. The van der Waals surface area contributed by atoms with Crippen molar-refractivity contribution in [3.05, 3.63) is 0 Å². The molecule has 0 aliphatic carbocycles. The lowest BCUT2D eigenvalue weighted by atomic mass is 9.98. The smallest absolute Gasteiger partial charge is 0.0265 e. The Bertz CT molecular complexity index is 229. The normalized spacial score (nSPS) is 36.4. The molecule has 0 aromatic heterocycles. The minimum absolute atomic E-state index is 0.659. The minimum Gasteiger partial charge on any atom is -0.311 e. The number of rotatable bonds is 3. The van der Waals surface area contributed by atoms with E-state index in [1.54, 1.807) is 0 Å². The van der Waals surface area contributed by atoms with Gasteiger partial charge in [0.25, 0.3) is 0 Å². The fourth-order valence-corrected chi connectivity index (χ4v) is 5.47. The molecule has 0 aromatic rings. The molecule has 2 rings (SSSR count). The van der Waals surface area contributed by atoms with Crippen molar-refractivity contribution < 1.29 is 0 Å². The minimum atomic E-state index is 0.659. The van der Waals surface area contributed by atoms with Gasteiger partial charge in [-0.05, 0) is 12.8 Å². The fraction of sp³-hybridized carbons (Fsp3) is 1.00. The van der Waals surface area contributed by atoms with Crippen LogP contribution < -0.4 is 5.32 Å². The molecule has 2 aliphatic rings. The highest BCUT2D eigenvalue weighted by Gasteiger charge is 2.30. The molecule has 100 valence electrons. The van der Waals surface area contributed by atoms with Crippen molar-refractivity contribution in [2.24, 2.45) is 5.92 Å². The van der Waals surface area contributed by atoms with Crippen LogP contribution in [0.1, 0.15) is 20.8 Å². The number of hydrogen-bond acceptors (Lipinski definition) is 4. The van der Waals surface area contributed by atoms with E-state index in [-0.39, 0.29) is 0 Å². The van der Waals surface area contributed by atoms with Gasteiger partial charge in [-0.3, -0.25) is 4.90 Å². The van der Waals surface area contributed by atoms with Gasteiger partial charge in [-0.2, -0.15) is 23.5 Å². The quantitative estimate of drug-likeness (QED) is 0.848. The molecule has 4 heteroatoms. The first-order valence-corrected chi connectivity index (χ1v) is 9.04. The summed E-state index contributed by atoms with van der Waals surface area (Å²) in [6.45, 7) is 10.7. The van der Waals surface area contributed by atoms with E-state index >= 15 is 0 Å². The summed E-state index contributed by atoms with van der Waals surface area (Å²) in [6, 6.07) is 1.39. The van der Waals surface area contributed by atoms with Gasteiger partial charge >= 0.3 is 0 Å². The number of nitrogens with one attached hydrogen (secondary N) is 1. The summed E-state index contributed by atoms with van der Waals surface area (Å²) >= 11 is 4.33. The van der Waals surface area contributed by atoms with Crippen LogP contribution in [-0.2, 0) is 0 Å². The van der Waals surface area contributed by atoms with Gasteiger partial charge in [0.2, 0.25) is 0 Å². The van der Waals surface area contributed by atoms with E-state index < -0.39 is 0 Å². The lowest BCUT2D eigenvalue weighted by molar-refractivity contribution is 0.105. The van der Waals surface area contributed by atoms with Crippen LogP contribution in [0.5, 0.6) is 0 Å². The Morgan fingerprint density at radius 3 is 2.82 bits per heavy atom. The lowest BCUT2D eigenvalue weighted by Gasteiger charge is -2.43. The summed E-state index contributed by atoms with van der Waals surface area (Å²) < 4.78 is 0. The number of hydrogen-bond donors (Lipinski definition) is 1. The standard InChI is InChI=1S/C13H26N2S2/c1-10(2)13-6-14-11(3)7-15(13)8-12-9-16-4-5-17-12/h10-14H,4-9H2,1-3H3. The maximum Gasteiger partial charge on any atom is 0.0265 e. The van der Waals surface area contributed by atoms with Gasteiger partial charge in [-0.25, -0.2) is 0 Å². The summed E-state index contributed by atoms with van der Waals surface area (Å²) in [5, 5.41) is 4.49. The second-order valence-corrected chi connectivity index (χ2v) is 8.20. The highest BCUT2D eigenvalue weighted by Crippen LogP contribution is 2.26. The molecule has 0 spiro atoms. The van der Waals surface area contributed by atoms with Crippen molar-refractivity contribution in [1.82, 2.24) is 10.2 Å². The number of thioether (sulfide) groups is 2. The monoisotopic (exact) mass is 274 g/mol. The van der Waals surface area contributed by atoms with E-state index in [9.17, 15) is 0 Å². The Morgan fingerprint density at radius 1 is 1.35 bits per heavy atom. The van der Waals surface area contributed by atoms with Gasteiger partial charge in [0.05, 0.1) is 0 Å². The molecule has 2 saturated heterocycles. The first kappa shape index (κ1) is 14.0. The average molecular weight is 274 g/mol. The van der Waals surface area contributed by atoms with E-state index in [0.717, 1.165) is 17.2 Å². The highest BCUT2D eigenvalue weighted by atomic mass is 32.2. The molecule has 2 aliphatic heterocycles. The van der Waals surface area contributed by atoms with E-state index in [1.807, 2.05) is 0 Å². The first-order valence-electron chi connectivity index (χ1n) is 6.83. The Hall–Kier alpha value is 0.620. The summed E-state index contributed by atoms with van der Waals surface area (Å²) in [6.07, 6.45) is 0. The largest absolute Gasteiger partial charge is 0.311 e. The molecule has 1 N–H and O–H groups in total. The molecule has 17 heavy (non-hydrogen) atoms. The van der Waals surface area contributed by atoms with Crippen LogP contribution in [0.3, 0.4) is 0 Å². The zero-order valence-electron chi connectivity index (χ0n) is 11.3. The predicted molar refractivity (Wildman–Crippen MR) is 81.2 cm³/mol. The Kier molecular flexibility index (Phi) is 5.52. The molecule has 0 saturated carbocycles. The fourth-order valence-electron chi connectivity index (χ4n) is 2.77. The van der Waals surface area contributed by atoms with Crippen molar-refractivity contribution >= 4 is 23.5 Å². The predicted octanol–water partition coefficient (Wildman–Crippen LogP) is 2.15. The van der Waals surface area contributed by atoms with Crippen LogP contribution in [0.15, 0.2) is 0 Å². The molecular formula is C13H26N2S2. The molecular weight excluding hydrogens is 248 g/mol. The van der Waals surface area contributed by atoms with Crippen molar-refractivity contribution in [3.63, 3.8) is 0 Å². The average Bonchev–Trinajstić information content (AvgIpc) is 2.30. The Morgan fingerprint density at radius 2 is 2.18 bits per heavy atom. The highest BCUT2D eigenvalue weighted by molar-refractivity contribution is 8.06. The third kappa shape index (κ3) is 4.05. The zero-order chi connectivity index (χ0) is 12.3. The lowest BCUT2D eigenvalue weighted by Crippen LogP contribution is -2.58. The molecule has 2 fully saturated rings. The number of piperazine rings is 1. The summed E-state index contributed by atoms with van der Waals surface area (Å²) in [5.74, 6) is 4.82. The SMILES string of the molecule is CC1CN(CC2CSCCS2)C(C(C)C)CN1. The Balaban J connectivity index is 1.89. The van der Waals surface area contributed by atoms with Crippen LogP contribution in [-0.4, -0.2) is 59.1 Å². The first-order chi connectivity index (χ1) is 8.16. The third-order valence-corrected chi connectivity index (χ3v) is 6.57. The van der Waals surface area contributed by atoms with Gasteiger partial charge in [0, 0.05) is 54.2 Å². The van der Waals surface area contributed by atoms with Crippen LogP contribution in [0, 0.1) is 5.92 Å². The van der Waals surface area contributed by atoms with Crippen molar-refractivity contribution in [3.8, 4) is 0 Å². The zero-order valence-corrected chi connectivity index (χ0v) is 12.9. The van der Waals surface area contributed by atoms with E-state index in [4.69, 9.17) is 0 Å². The molecule has 3 unspecified atom stereocenters. The summed E-state index contributed by atoms with van der Waals surface area (Å²) in [7, 11) is 0. The van der Waals surface area contributed by atoms with Gasteiger partial charge in [-0.1, -0.05) is 13.8 Å². The molecule has 0 aromatic carbocycles. The molecule has 2 nitrogen and oxygen atoms in total. The van der Waals surface area contributed by atoms with E-state index in [2.05, 4.69) is 54.5 Å². The second-order valence-electron chi connectivity index (χ2n) is 5.64. The van der Waals surface area contributed by atoms with Crippen LogP contribution >= 0.6 is 23.5 Å². The maximum atomic E-state index is 3.63. The molecule has 0 bridgehead atoms. The summed E-state index contributed by atoms with van der Waals surface area (Å²) in [5.41, 5.74) is 0. The van der Waals surface area contributed by atoms with Gasteiger partial charge in [-0.15, -0.1) is 0 Å².